The van der Waals surface area contributed by atoms with Crippen LogP contribution >= 0.6 is 23.2 Å². The molecule has 0 radical (unpaired) electrons. The molecule has 0 spiro atoms. The molecule has 1 heterocycles. The highest BCUT2D eigenvalue weighted by Gasteiger charge is 2.32. The molecule has 3 nitrogen and oxygen atoms in total. The summed E-state index contributed by atoms with van der Waals surface area (Å²) in [6.45, 7) is 5.08. The van der Waals surface area contributed by atoms with Crippen LogP contribution in [0.3, 0.4) is 0 Å². The Morgan fingerprint density at radius 3 is 2.52 bits per heavy atom. The first-order valence-corrected chi connectivity index (χ1v) is 8.64. The molecule has 0 aliphatic carbocycles. The Balaban J connectivity index is 2.18. The molecule has 0 saturated carbocycles. The molecule has 0 bridgehead atoms. The van der Waals surface area contributed by atoms with Gasteiger partial charge in [-0.05, 0) is 42.3 Å². The first-order valence-electron chi connectivity index (χ1n) is 7.89. The highest BCUT2D eigenvalue weighted by atomic mass is 35.5. The summed E-state index contributed by atoms with van der Waals surface area (Å²) in [6, 6.07) is 5.31. The topological polar surface area (TPSA) is 38.1 Å². The van der Waals surface area contributed by atoms with E-state index in [4.69, 9.17) is 23.2 Å². The van der Waals surface area contributed by atoms with Gasteiger partial charge < -0.3 is 5.11 Å². The maximum absolute atomic E-state index is 13.1. The lowest BCUT2D eigenvalue weighted by atomic mass is 9.99. The molecule has 0 aliphatic rings. The summed E-state index contributed by atoms with van der Waals surface area (Å²) >= 11 is 12.6. The SMILES string of the molecule is C=C(O)c1ccc(Cl)c(Cc2nn(C)c3cc(C(F)(F)F)cc(C)c23)c1Cl. The molecule has 3 aromatic rings. The van der Waals surface area contributed by atoms with E-state index in [-0.39, 0.29) is 17.2 Å². The van der Waals surface area contributed by atoms with Gasteiger partial charge in [-0.1, -0.05) is 29.8 Å². The molecular weight excluding hydrogens is 400 g/mol. The molecule has 0 atom stereocenters. The summed E-state index contributed by atoms with van der Waals surface area (Å²) in [5.74, 6) is -0.199. The predicted molar refractivity (Wildman–Crippen MR) is 101 cm³/mol. The van der Waals surface area contributed by atoms with Crippen molar-refractivity contribution in [3.8, 4) is 0 Å². The first kappa shape index (κ1) is 19.6. The third kappa shape index (κ3) is 3.51. The summed E-state index contributed by atoms with van der Waals surface area (Å²) < 4.78 is 40.7. The number of hydrogen-bond acceptors (Lipinski definition) is 2. The van der Waals surface area contributed by atoms with Gasteiger partial charge in [0.2, 0.25) is 0 Å². The van der Waals surface area contributed by atoms with Gasteiger partial charge in [-0.15, -0.1) is 0 Å². The molecule has 27 heavy (non-hydrogen) atoms. The van der Waals surface area contributed by atoms with Crippen LogP contribution in [-0.4, -0.2) is 14.9 Å². The second-order valence-electron chi connectivity index (χ2n) is 6.27. The smallest absolute Gasteiger partial charge is 0.416 e. The van der Waals surface area contributed by atoms with E-state index in [9.17, 15) is 18.3 Å². The van der Waals surface area contributed by atoms with Crippen LogP contribution < -0.4 is 0 Å². The number of halogens is 5. The highest BCUT2D eigenvalue weighted by molar-refractivity contribution is 6.37. The van der Waals surface area contributed by atoms with Gasteiger partial charge in [0.05, 0.1) is 21.8 Å². The molecule has 142 valence electrons. The number of rotatable bonds is 3. The number of fused-ring (bicyclic) bond motifs is 1. The van der Waals surface area contributed by atoms with Crippen LogP contribution in [0.1, 0.15) is 27.9 Å². The average molecular weight is 415 g/mol. The van der Waals surface area contributed by atoms with Crippen LogP contribution in [0.2, 0.25) is 10.0 Å². The van der Waals surface area contributed by atoms with Crippen molar-refractivity contribution < 1.29 is 18.3 Å². The lowest BCUT2D eigenvalue weighted by Crippen LogP contribution is -2.05. The van der Waals surface area contributed by atoms with E-state index in [0.29, 0.717) is 38.3 Å². The number of aryl methyl sites for hydroxylation is 2. The zero-order valence-corrected chi connectivity index (χ0v) is 16.0. The standard InChI is InChI=1S/C19H15Cl2F3N2O/c1-9-6-11(19(22,23)24)7-16-17(9)15(25-26(16)3)8-13-14(20)5-4-12(10(2)27)18(13)21/h4-7,27H,2,8H2,1,3H3. The quantitative estimate of drug-likeness (QED) is 0.508. The van der Waals surface area contributed by atoms with E-state index in [2.05, 4.69) is 11.7 Å². The van der Waals surface area contributed by atoms with Gasteiger partial charge in [0.15, 0.2) is 0 Å². The Labute approximate surface area is 163 Å². The Kier molecular flexibility index (Phi) is 4.91. The van der Waals surface area contributed by atoms with Crippen LogP contribution in [0.15, 0.2) is 30.8 Å². The number of nitrogens with zero attached hydrogens (tertiary/aromatic N) is 2. The van der Waals surface area contributed by atoms with E-state index in [1.165, 1.54) is 4.68 Å². The van der Waals surface area contributed by atoms with Crippen molar-refractivity contribution in [2.45, 2.75) is 19.5 Å². The maximum atomic E-state index is 13.1. The van der Waals surface area contributed by atoms with Gasteiger partial charge in [-0.2, -0.15) is 18.3 Å². The minimum atomic E-state index is -4.44. The van der Waals surface area contributed by atoms with E-state index < -0.39 is 11.7 Å². The summed E-state index contributed by atoms with van der Waals surface area (Å²) in [5.41, 5.74) is 1.50. The molecule has 0 saturated heterocycles. The Morgan fingerprint density at radius 2 is 1.93 bits per heavy atom. The number of aliphatic hydroxyl groups is 1. The Hall–Kier alpha value is -2.18. The largest absolute Gasteiger partial charge is 0.508 e. The number of alkyl halides is 3. The minimum Gasteiger partial charge on any atom is -0.508 e. The Morgan fingerprint density at radius 1 is 1.26 bits per heavy atom. The van der Waals surface area contributed by atoms with Crippen molar-refractivity contribution in [1.29, 1.82) is 0 Å². The molecule has 0 aliphatic heterocycles. The fraction of sp³-hybridized carbons (Fsp3) is 0.211. The molecule has 0 fully saturated rings. The number of aromatic nitrogens is 2. The Bertz CT molecular complexity index is 1070. The fourth-order valence-electron chi connectivity index (χ4n) is 3.12. The minimum absolute atomic E-state index is 0.197. The van der Waals surface area contributed by atoms with Crippen molar-refractivity contribution in [3.63, 3.8) is 0 Å². The molecule has 2 aromatic carbocycles. The number of benzene rings is 2. The van der Waals surface area contributed by atoms with Gasteiger partial charge in [-0.3, -0.25) is 4.68 Å². The van der Waals surface area contributed by atoms with E-state index >= 15 is 0 Å². The lowest BCUT2D eigenvalue weighted by Gasteiger charge is -2.11. The zero-order valence-electron chi connectivity index (χ0n) is 14.5. The second kappa shape index (κ2) is 6.77. The van der Waals surface area contributed by atoms with Crippen LogP contribution in [0.25, 0.3) is 16.7 Å². The predicted octanol–water partition coefficient (Wildman–Crippen LogP) is 6.33. The number of hydrogen-bond donors (Lipinski definition) is 1. The zero-order chi connectivity index (χ0) is 20.1. The lowest BCUT2D eigenvalue weighted by molar-refractivity contribution is -0.137. The van der Waals surface area contributed by atoms with Crippen LogP contribution in [0, 0.1) is 6.92 Å². The first-order chi connectivity index (χ1) is 12.5. The molecule has 0 amide bonds. The molecule has 1 aromatic heterocycles. The van der Waals surface area contributed by atoms with Gasteiger partial charge in [-0.25, -0.2) is 0 Å². The third-order valence-corrected chi connectivity index (χ3v) is 5.18. The van der Waals surface area contributed by atoms with Crippen molar-refractivity contribution in [2.24, 2.45) is 7.05 Å². The van der Waals surface area contributed by atoms with Crippen LogP contribution in [-0.2, 0) is 19.6 Å². The fourth-order valence-corrected chi connectivity index (χ4v) is 3.73. The molecular formula is C19H15Cl2F3N2O. The van der Waals surface area contributed by atoms with Crippen LogP contribution in [0.5, 0.6) is 0 Å². The van der Waals surface area contributed by atoms with Crippen molar-refractivity contribution in [2.75, 3.05) is 0 Å². The van der Waals surface area contributed by atoms with Gasteiger partial charge >= 0.3 is 6.18 Å². The summed E-state index contributed by atoms with van der Waals surface area (Å²) in [7, 11) is 1.58. The van der Waals surface area contributed by atoms with E-state index in [1.54, 1.807) is 26.1 Å². The van der Waals surface area contributed by atoms with Crippen molar-refractivity contribution >= 4 is 39.9 Å². The maximum Gasteiger partial charge on any atom is 0.416 e. The van der Waals surface area contributed by atoms with Crippen molar-refractivity contribution in [1.82, 2.24) is 9.78 Å². The van der Waals surface area contributed by atoms with Gasteiger partial charge in [0.25, 0.3) is 0 Å². The number of aliphatic hydroxyl groups excluding tert-OH is 1. The van der Waals surface area contributed by atoms with E-state index in [0.717, 1.165) is 12.1 Å². The summed E-state index contributed by atoms with van der Waals surface area (Å²) in [4.78, 5) is 0. The molecule has 8 heteroatoms. The van der Waals surface area contributed by atoms with E-state index in [1.807, 2.05) is 0 Å². The molecule has 3 rings (SSSR count). The average Bonchev–Trinajstić information content (AvgIpc) is 2.87. The van der Waals surface area contributed by atoms with Gasteiger partial charge in [0, 0.05) is 29.4 Å². The monoisotopic (exact) mass is 414 g/mol. The van der Waals surface area contributed by atoms with Crippen molar-refractivity contribution in [3.05, 3.63) is 68.8 Å². The molecule has 0 unspecified atom stereocenters. The summed E-state index contributed by atoms with van der Waals surface area (Å²) in [6.07, 6.45) is -4.24. The normalized spacial score (nSPS) is 12.0. The molecule has 1 N–H and O–H groups in total. The third-order valence-electron chi connectivity index (χ3n) is 4.39. The van der Waals surface area contributed by atoms with Crippen LogP contribution in [0.4, 0.5) is 13.2 Å². The summed E-state index contributed by atoms with van der Waals surface area (Å²) in [5, 5.41) is 15.3. The second-order valence-corrected chi connectivity index (χ2v) is 7.05. The highest BCUT2D eigenvalue weighted by Crippen LogP contribution is 2.37. The van der Waals surface area contributed by atoms with Gasteiger partial charge in [0.1, 0.15) is 5.76 Å².